The molecule has 1 atom stereocenters. The second-order valence-corrected chi connectivity index (χ2v) is 5.77. The van der Waals surface area contributed by atoms with Crippen LogP contribution in [0.25, 0.3) is 0 Å². The van der Waals surface area contributed by atoms with Crippen LogP contribution in [0.15, 0.2) is 0 Å². The molecule has 0 aromatic heterocycles. The van der Waals surface area contributed by atoms with E-state index in [0.717, 1.165) is 0 Å². The maximum atomic E-state index is 10.8. The fourth-order valence-corrected chi connectivity index (χ4v) is 1.56. The van der Waals surface area contributed by atoms with Gasteiger partial charge in [0.15, 0.2) is 0 Å². The standard InChI is InChI=1S/C7H16ClNO3S/c1-9(6-7(10)5-8)3-4-13(2,11)12/h7,10H,3-6H2,1-2H3. The predicted molar refractivity (Wildman–Crippen MR) is 53.9 cm³/mol. The maximum Gasteiger partial charge on any atom is 0.148 e. The van der Waals surface area contributed by atoms with Crippen LogP contribution in [0.4, 0.5) is 0 Å². The van der Waals surface area contributed by atoms with Crippen molar-refractivity contribution in [2.24, 2.45) is 0 Å². The van der Waals surface area contributed by atoms with Gasteiger partial charge in [-0.05, 0) is 7.05 Å². The minimum absolute atomic E-state index is 0.110. The third-order valence-electron chi connectivity index (χ3n) is 1.54. The van der Waals surface area contributed by atoms with Crippen molar-refractivity contribution < 1.29 is 13.5 Å². The van der Waals surface area contributed by atoms with E-state index in [1.165, 1.54) is 6.26 Å². The minimum atomic E-state index is -2.92. The molecule has 0 aromatic rings. The van der Waals surface area contributed by atoms with Crippen LogP contribution in [0.5, 0.6) is 0 Å². The zero-order valence-electron chi connectivity index (χ0n) is 7.90. The fourth-order valence-electron chi connectivity index (χ4n) is 0.822. The molecule has 0 aliphatic rings. The van der Waals surface area contributed by atoms with Gasteiger partial charge in [0.05, 0.1) is 11.9 Å². The van der Waals surface area contributed by atoms with Crippen LogP contribution in [0, 0.1) is 0 Å². The smallest absolute Gasteiger partial charge is 0.148 e. The molecule has 0 aliphatic carbocycles. The minimum Gasteiger partial charge on any atom is -0.391 e. The number of likely N-dealkylation sites (N-methyl/N-ethyl adjacent to an activating group) is 1. The van der Waals surface area contributed by atoms with Gasteiger partial charge in [-0.1, -0.05) is 0 Å². The fraction of sp³-hybridized carbons (Fsp3) is 1.00. The molecule has 1 N–H and O–H groups in total. The van der Waals surface area contributed by atoms with Gasteiger partial charge in [-0.15, -0.1) is 11.6 Å². The Hall–Kier alpha value is 0.160. The van der Waals surface area contributed by atoms with Gasteiger partial charge >= 0.3 is 0 Å². The number of nitrogens with zero attached hydrogens (tertiary/aromatic N) is 1. The number of rotatable bonds is 6. The molecule has 80 valence electrons. The van der Waals surface area contributed by atoms with Gasteiger partial charge in [-0.25, -0.2) is 8.42 Å². The number of sulfone groups is 1. The van der Waals surface area contributed by atoms with E-state index < -0.39 is 15.9 Å². The monoisotopic (exact) mass is 229 g/mol. The molecule has 0 amide bonds. The Morgan fingerprint density at radius 3 is 2.46 bits per heavy atom. The number of aliphatic hydroxyl groups is 1. The Morgan fingerprint density at radius 1 is 1.54 bits per heavy atom. The highest BCUT2D eigenvalue weighted by Gasteiger charge is 2.09. The summed E-state index contributed by atoms with van der Waals surface area (Å²) in [5, 5.41) is 9.13. The Kier molecular flexibility index (Phi) is 5.87. The normalized spacial score (nSPS) is 14.8. The highest BCUT2D eigenvalue weighted by molar-refractivity contribution is 7.90. The summed E-state index contributed by atoms with van der Waals surface area (Å²) in [6, 6.07) is 0. The highest BCUT2D eigenvalue weighted by atomic mass is 35.5. The largest absolute Gasteiger partial charge is 0.391 e. The van der Waals surface area contributed by atoms with Gasteiger partial charge in [-0.2, -0.15) is 0 Å². The summed E-state index contributed by atoms with van der Waals surface area (Å²) in [6.07, 6.45) is 0.602. The molecule has 13 heavy (non-hydrogen) atoms. The molecule has 0 rings (SSSR count). The van der Waals surface area contributed by atoms with Crippen molar-refractivity contribution in [3.8, 4) is 0 Å². The van der Waals surface area contributed by atoms with Gasteiger partial charge < -0.3 is 10.0 Å². The number of halogens is 1. The van der Waals surface area contributed by atoms with Crippen molar-refractivity contribution >= 4 is 21.4 Å². The number of alkyl halides is 1. The van der Waals surface area contributed by atoms with E-state index in [-0.39, 0.29) is 11.6 Å². The lowest BCUT2D eigenvalue weighted by atomic mass is 10.4. The average molecular weight is 230 g/mol. The third kappa shape index (κ3) is 8.49. The van der Waals surface area contributed by atoms with Crippen molar-refractivity contribution in [2.75, 3.05) is 38.0 Å². The molecule has 0 fully saturated rings. The lowest BCUT2D eigenvalue weighted by Crippen LogP contribution is -2.33. The van der Waals surface area contributed by atoms with Crippen LogP contribution in [0.2, 0.25) is 0 Å². The number of hydrogen-bond donors (Lipinski definition) is 1. The molecule has 0 heterocycles. The molecule has 4 nitrogen and oxygen atoms in total. The van der Waals surface area contributed by atoms with Crippen molar-refractivity contribution in [2.45, 2.75) is 6.10 Å². The van der Waals surface area contributed by atoms with E-state index >= 15 is 0 Å². The van der Waals surface area contributed by atoms with Crippen LogP contribution in [0.3, 0.4) is 0 Å². The Morgan fingerprint density at radius 2 is 2.08 bits per heavy atom. The maximum absolute atomic E-state index is 10.8. The van der Waals surface area contributed by atoms with Crippen LogP contribution in [-0.4, -0.2) is 62.6 Å². The summed E-state index contributed by atoms with van der Waals surface area (Å²) in [5.41, 5.74) is 0. The van der Waals surface area contributed by atoms with E-state index in [2.05, 4.69) is 0 Å². The second-order valence-electron chi connectivity index (χ2n) is 3.20. The molecule has 0 radical (unpaired) electrons. The first-order valence-electron chi connectivity index (χ1n) is 3.95. The van der Waals surface area contributed by atoms with E-state index in [9.17, 15) is 8.42 Å². The summed E-state index contributed by atoms with van der Waals surface area (Å²) in [7, 11) is -1.17. The molecule has 0 bridgehead atoms. The lowest BCUT2D eigenvalue weighted by molar-refractivity contribution is 0.147. The predicted octanol–water partition coefficient (Wildman–Crippen LogP) is -0.437. The van der Waals surface area contributed by atoms with Crippen LogP contribution < -0.4 is 0 Å². The van der Waals surface area contributed by atoms with E-state index in [4.69, 9.17) is 16.7 Å². The zero-order valence-corrected chi connectivity index (χ0v) is 9.48. The Balaban J connectivity index is 3.69. The van der Waals surface area contributed by atoms with Crippen molar-refractivity contribution in [1.82, 2.24) is 4.90 Å². The average Bonchev–Trinajstić information content (AvgIpc) is 1.99. The molecule has 0 aromatic carbocycles. The molecule has 1 unspecified atom stereocenters. The van der Waals surface area contributed by atoms with Crippen LogP contribution in [-0.2, 0) is 9.84 Å². The van der Waals surface area contributed by atoms with Crippen LogP contribution >= 0.6 is 11.6 Å². The molecule has 0 saturated carbocycles. The van der Waals surface area contributed by atoms with Gasteiger partial charge in [-0.3, -0.25) is 0 Å². The topological polar surface area (TPSA) is 57.6 Å². The van der Waals surface area contributed by atoms with Gasteiger partial charge in [0.1, 0.15) is 9.84 Å². The summed E-state index contributed by atoms with van der Waals surface area (Å²) in [5.74, 6) is 0.279. The second kappa shape index (κ2) is 5.80. The number of hydrogen-bond acceptors (Lipinski definition) is 4. The third-order valence-corrected chi connectivity index (χ3v) is 2.82. The first-order chi connectivity index (χ1) is 5.85. The summed E-state index contributed by atoms with van der Waals surface area (Å²) >= 11 is 5.39. The molecule has 0 saturated heterocycles. The highest BCUT2D eigenvalue weighted by Crippen LogP contribution is 1.93. The molecule has 0 spiro atoms. The van der Waals surface area contributed by atoms with E-state index in [0.29, 0.717) is 13.1 Å². The quantitative estimate of drug-likeness (QED) is 0.628. The summed E-state index contributed by atoms with van der Waals surface area (Å²) in [6.45, 7) is 0.825. The first-order valence-corrected chi connectivity index (χ1v) is 6.55. The number of aliphatic hydroxyl groups excluding tert-OH is 1. The van der Waals surface area contributed by atoms with Crippen molar-refractivity contribution in [3.05, 3.63) is 0 Å². The molecule has 6 heteroatoms. The van der Waals surface area contributed by atoms with Crippen molar-refractivity contribution in [3.63, 3.8) is 0 Å². The van der Waals surface area contributed by atoms with Gasteiger partial charge in [0.2, 0.25) is 0 Å². The SMILES string of the molecule is CN(CCS(C)(=O)=O)CC(O)CCl. The summed E-state index contributed by atoms with van der Waals surface area (Å²) in [4.78, 5) is 1.74. The van der Waals surface area contributed by atoms with Crippen LogP contribution in [0.1, 0.15) is 0 Å². The van der Waals surface area contributed by atoms with E-state index in [1.54, 1.807) is 11.9 Å². The van der Waals surface area contributed by atoms with Gasteiger partial charge in [0.25, 0.3) is 0 Å². The Bertz CT molecular complexity index is 230. The molecular formula is C7H16ClNO3S. The Labute approximate surface area is 84.4 Å². The zero-order chi connectivity index (χ0) is 10.5. The van der Waals surface area contributed by atoms with E-state index in [1.807, 2.05) is 0 Å². The van der Waals surface area contributed by atoms with Gasteiger partial charge in [0, 0.05) is 25.2 Å². The first kappa shape index (κ1) is 13.2. The molecular weight excluding hydrogens is 214 g/mol. The van der Waals surface area contributed by atoms with Crippen molar-refractivity contribution in [1.29, 1.82) is 0 Å². The summed E-state index contributed by atoms with van der Waals surface area (Å²) < 4.78 is 21.6. The molecule has 0 aliphatic heterocycles. The lowest BCUT2D eigenvalue weighted by Gasteiger charge is -2.18.